The van der Waals surface area contributed by atoms with E-state index in [9.17, 15) is 14.9 Å². The standard InChI is InChI=1S/C12H14N4O4/c1-2-3-9(12(17)18)7-15-11-10(16(19)20)8(6-13)4-5-14-11/h4-5,9H,2-3,7H2,1H3,(H,14,15)(H,17,18). The summed E-state index contributed by atoms with van der Waals surface area (Å²) in [4.78, 5) is 25.1. The molecule has 0 saturated heterocycles. The van der Waals surface area contributed by atoms with E-state index < -0.39 is 22.5 Å². The van der Waals surface area contributed by atoms with E-state index in [2.05, 4.69) is 10.3 Å². The molecule has 8 nitrogen and oxygen atoms in total. The van der Waals surface area contributed by atoms with Crippen LogP contribution in [0.4, 0.5) is 11.5 Å². The molecule has 0 saturated carbocycles. The van der Waals surface area contributed by atoms with Gasteiger partial charge >= 0.3 is 11.7 Å². The fourth-order valence-electron chi connectivity index (χ4n) is 1.74. The molecule has 0 fully saturated rings. The summed E-state index contributed by atoms with van der Waals surface area (Å²) in [6.45, 7) is 1.87. The van der Waals surface area contributed by atoms with Gasteiger partial charge in [-0.25, -0.2) is 4.98 Å². The number of carbonyl (C=O) groups is 1. The molecule has 0 radical (unpaired) electrons. The normalized spacial score (nSPS) is 11.4. The van der Waals surface area contributed by atoms with Crippen molar-refractivity contribution in [2.75, 3.05) is 11.9 Å². The van der Waals surface area contributed by atoms with Crippen LogP contribution < -0.4 is 5.32 Å². The highest BCUT2D eigenvalue weighted by Crippen LogP contribution is 2.26. The Morgan fingerprint density at radius 2 is 2.40 bits per heavy atom. The van der Waals surface area contributed by atoms with Crippen molar-refractivity contribution in [1.29, 1.82) is 5.26 Å². The Hall–Kier alpha value is -2.69. The quantitative estimate of drug-likeness (QED) is 0.574. The van der Waals surface area contributed by atoms with E-state index in [0.29, 0.717) is 12.8 Å². The van der Waals surface area contributed by atoms with Gasteiger partial charge in [0.25, 0.3) is 0 Å². The van der Waals surface area contributed by atoms with Gasteiger partial charge in [0.2, 0.25) is 5.82 Å². The second-order valence-electron chi connectivity index (χ2n) is 4.13. The van der Waals surface area contributed by atoms with Gasteiger partial charge in [-0.1, -0.05) is 13.3 Å². The molecule has 1 aromatic rings. The molecular formula is C12H14N4O4. The lowest BCUT2D eigenvalue weighted by Gasteiger charge is -2.12. The SMILES string of the molecule is CCCC(CNc1nccc(C#N)c1[N+](=O)[O-])C(=O)O. The van der Waals surface area contributed by atoms with Gasteiger partial charge in [-0.05, 0) is 12.5 Å². The Morgan fingerprint density at radius 3 is 2.90 bits per heavy atom. The van der Waals surface area contributed by atoms with Crippen molar-refractivity contribution >= 4 is 17.5 Å². The van der Waals surface area contributed by atoms with Crippen molar-refractivity contribution in [3.63, 3.8) is 0 Å². The third kappa shape index (κ3) is 3.65. The van der Waals surface area contributed by atoms with Crippen LogP contribution in [0.3, 0.4) is 0 Å². The third-order valence-corrected chi connectivity index (χ3v) is 2.73. The van der Waals surface area contributed by atoms with Crippen molar-refractivity contribution in [2.45, 2.75) is 19.8 Å². The molecule has 106 valence electrons. The summed E-state index contributed by atoms with van der Waals surface area (Å²) < 4.78 is 0. The van der Waals surface area contributed by atoms with Gasteiger partial charge in [-0.3, -0.25) is 14.9 Å². The molecular weight excluding hydrogens is 264 g/mol. The molecule has 1 unspecified atom stereocenters. The predicted molar refractivity (Wildman–Crippen MR) is 70.1 cm³/mol. The van der Waals surface area contributed by atoms with Gasteiger partial charge in [0.15, 0.2) is 0 Å². The van der Waals surface area contributed by atoms with E-state index in [0.717, 1.165) is 0 Å². The number of nitrogens with zero attached hydrogens (tertiary/aromatic N) is 3. The molecule has 0 aliphatic carbocycles. The Kier molecular flexibility index (Phi) is 5.41. The van der Waals surface area contributed by atoms with Crippen molar-refractivity contribution in [3.8, 4) is 6.07 Å². The second kappa shape index (κ2) is 7.04. The van der Waals surface area contributed by atoms with Crippen LogP contribution in [-0.4, -0.2) is 27.5 Å². The van der Waals surface area contributed by atoms with E-state index in [1.807, 2.05) is 6.92 Å². The molecule has 0 bridgehead atoms. The number of hydrogen-bond acceptors (Lipinski definition) is 6. The Morgan fingerprint density at radius 1 is 1.70 bits per heavy atom. The lowest BCUT2D eigenvalue weighted by atomic mass is 10.0. The highest BCUT2D eigenvalue weighted by Gasteiger charge is 2.23. The molecule has 0 amide bonds. The van der Waals surface area contributed by atoms with Crippen molar-refractivity contribution < 1.29 is 14.8 Å². The average molecular weight is 278 g/mol. The minimum atomic E-state index is -0.974. The number of aromatic nitrogens is 1. The number of carboxylic acids is 1. The summed E-state index contributed by atoms with van der Waals surface area (Å²) in [5.74, 6) is -1.72. The number of anilines is 1. The average Bonchev–Trinajstić information content (AvgIpc) is 2.42. The summed E-state index contributed by atoms with van der Waals surface area (Å²) >= 11 is 0. The van der Waals surface area contributed by atoms with E-state index in [-0.39, 0.29) is 17.9 Å². The van der Waals surface area contributed by atoms with Gasteiger partial charge in [0.05, 0.1) is 10.8 Å². The van der Waals surface area contributed by atoms with Crippen LogP contribution in [0.2, 0.25) is 0 Å². The Bertz CT molecular complexity index is 553. The minimum absolute atomic E-state index is 0.0197. The van der Waals surface area contributed by atoms with E-state index >= 15 is 0 Å². The summed E-state index contributed by atoms with van der Waals surface area (Å²) in [7, 11) is 0. The van der Waals surface area contributed by atoms with Crippen molar-refractivity contribution in [1.82, 2.24) is 4.98 Å². The maximum absolute atomic E-state index is 11.0. The van der Waals surface area contributed by atoms with Crippen LogP contribution >= 0.6 is 0 Å². The third-order valence-electron chi connectivity index (χ3n) is 2.73. The molecule has 1 heterocycles. The largest absolute Gasteiger partial charge is 0.481 e. The van der Waals surface area contributed by atoms with Crippen LogP contribution in [0.15, 0.2) is 12.3 Å². The number of nitriles is 1. The molecule has 1 aromatic heterocycles. The number of nitro groups is 1. The number of hydrogen-bond donors (Lipinski definition) is 2. The number of carboxylic acid groups (broad SMARTS) is 1. The highest BCUT2D eigenvalue weighted by molar-refractivity contribution is 5.71. The maximum Gasteiger partial charge on any atom is 0.328 e. The number of pyridine rings is 1. The van der Waals surface area contributed by atoms with Gasteiger partial charge in [0, 0.05) is 12.7 Å². The Balaban J connectivity index is 2.95. The van der Waals surface area contributed by atoms with Crippen LogP contribution in [0.1, 0.15) is 25.3 Å². The van der Waals surface area contributed by atoms with Crippen LogP contribution in [-0.2, 0) is 4.79 Å². The first-order chi connectivity index (χ1) is 9.51. The van der Waals surface area contributed by atoms with E-state index in [1.165, 1.54) is 12.3 Å². The monoisotopic (exact) mass is 278 g/mol. The smallest absolute Gasteiger partial charge is 0.328 e. The molecule has 1 atom stereocenters. The summed E-state index contributed by atoms with van der Waals surface area (Å²) in [6, 6.07) is 2.95. The maximum atomic E-state index is 11.0. The molecule has 0 spiro atoms. The van der Waals surface area contributed by atoms with Crippen molar-refractivity contribution in [2.24, 2.45) is 5.92 Å². The first kappa shape index (κ1) is 15.4. The lowest BCUT2D eigenvalue weighted by molar-refractivity contribution is -0.384. The van der Waals surface area contributed by atoms with Gasteiger partial charge in [-0.15, -0.1) is 0 Å². The zero-order valence-electron chi connectivity index (χ0n) is 10.9. The second-order valence-corrected chi connectivity index (χ2v) is 4.13. The molecule has 1 rings (SSSR count). The van der Waals surface area contributed by atoms with Crippen molar-refractivity contribution in [3.05, 3.63) is 27.9 Å². The summed E-state index contributed by atoms with van der Waals surface area (Å²) in [5, 5.41) is 31.5. The topological polar surface area (TPSA) is 129 Å². The zero-order valence-corrected chi connectivity index (χ0v) is 10.9. The predicted octanol–water partition coefficient (Wildman–Crippen LogP) is 1.77. The molecule has 20 heavy (non-hydrogen) atoms. The molecule has 8 heteroatoms. The first-order valence-corrected chi connectivity index (χ1v) is 6.01. The molecule has 2 N–H and O–H groups in total. The van der Waals surface area contributed by atoms with Crippen LogP contribution in [0.5, 0.6) is 0 Å². The molecule has 0 aliphatic heterocycles. The zero-order chi connectivity index (χ0) is 15.1. The van der Waals surface area contributed by atoms with Crippen LogP contribution in [0, 0.1) is 27.4 Å². The number of rotatable bonds is 7. The van der Waals surface area contributed by atoms with Gasteiger partial charge < -0.3 is 10.4 Å². The Labute approximate surface area is 115 Å². The van der Waals surface area contributed by atoms with Crippen LogP contribution in [0.25, 0.3) is 0 Å². The fraction of sp³-hybridized carbons (Fsp3) is 0.417. The van der Waals surface area contributed by atoms with E-state index in [1.54, 1.807) is 6.07 Å². The van der Waals surface area contributed by atoms with Gasteiger partial charge in [0.1, 0.15) is 11.6 Å². The highest BCUT2D eigenvalue weighted by atomic mass is 16.6. The minimum Gasteiger partial charge on any atom is -0.481 e. The summed E-state index contributed by atoms with van der Waals surface area (Å²) in [5.41, 5.74) is -0.550. The van der Waals surface area contributed by atoms with Gasteiger partial charge in [-0.2, -0.15) is 5.26 Å². The lowest BCUT2D eigenvalue weighted by Crippen LogP contribution is -2.23. The van der Waals surface area contributed by atoms with E-state index in [4.69, 9.17) is 10.4 Å². The number of aliphatic carboxylic acids is 1. The fourth-order valence-corrected chi connectivity index (χ4v) is 1.74. The summed E-state index contributed by atoms with van der Waals surface area (Å²) in [6.07, 6.45) is 2.41. The molecule has 0 aliphatic rings. The molecule has 0 aromatic carbocycles. The first-order valence-electron chi connectivity index (χ1n) is 6.01. The number of nitrogens with one attached hydrogen (secondary N) is 1.